The standard InChI is InChI=1S/C56H100O6/c1-4-7-10-13-16-19-22-24-25-26-27-28-29-30-31-33-34-37-40-43-46-49-55(58)61-52-53(51-60-54(57)48-45-42-39-36-21-18-15-12-9-6-3)62-56(59)50-47-44-41-38-35-32-23-20-17-14-11-8-5-2/h7,10,16,19,24-25,27-28,53H,4-6,8-9,11-15,17-18,20-23,26,29-52H2,1-3H3/b10-7-,19-16-,25-24-,28-27-. The van der Waals surface area contributed by atoms with Crippen LogP contribution in [0.1, 0.15) is 271 Å². The number of unbranched alkanes of at least 4 members (excludes halogenated alkanes) is 29. The van der Waals surface area contributed by atoms with Crippen LogP contribution in [0.5, 0.6) is 0 Å². The van der Waals surface area contributed by atoms with Gasteiger partial charge in [-0.25, -0.2) is 0 Å². The van der Waals surface area contributed by atoms with Crippen LogP contribution in [0.3, 0.4) is 0 Å². The Morgan fingerprint density at radius 1 is 0.339 bits per heavy atom. The third-order valence-electron chi connectivity index (χ3n) is 11.6. The first-order valence-corrected chi connectivity index (χ1v) is 26.6. The Hall–Kier alpha value is -2.63. The molecule has 0 saturated heterocycles. The summed E-state index contributed by atoms with van der Waals surface area (Å²) in [7, 11) is 0. The minimum Gasteiger partial charge on any atom is -0.462 e. The average molecular weight is 869 g/mol. The molecular formula is C56H100O6. The van der Waals surface area contributed by atoms with Crippen LogP contribution in [-0.4, -0.2) is 37.2 Å². The van der Waals surface area contributed by atoms with Crippen LogP contribution < -0.4 is 0 Å². The van der Waals surface area contributed by atoms with Crippen molar-refractivity contribution in [1.29, 1.82) is 0 Å². The molecule has 6 heteroatoms. The lowest BCUT2D eigenvalue weighted by molar-refractivity contribution is -0.167. The van der Waals surface area contributed by atoms with Crippen molar-refractivity contribution >= 4 is 17.9 Å². The van der Waals surface area contributed by atoms with Gasteiger partial charge < -0.3 is 14.2 Å². The molecule has 0 spiro atoms. The molecule has 0 aliphatic rings. The van der Waals surface area contributed by atoms with E-state index in [2.05, 4.69) is 69.4 Å². The molecule has 0 radical (unpaired) electrons. The summed E-state index contributed by atoms with van der Waals surface area (Å²) in [6.07, 6.45) is 61.0. The Balaban J connectivity index is 4.28. The third-order valence-corrected chi connectivity index (χ3v) is 11.6. The molecular weight excluding hydrogens is 769 g/mol. The van der Waals surface area contributed by atoms with Crippen molar-refractivity contribution in [2.45, 2.75) is 277 Å². The summed E-state index contributed by atoms with van der Waals surface area (Å²) < 4.78 is 16.8. The van der Waals surface area contributed by atoms with Gasteiger partial charge in [0.05, 0.1) is 0 Å². The van der Waals surface area contributed by atoms with Gasteiger partial charge in [0.2, 0.25) is 0 Å². The van der Waals surface area contributed by atoms with Crippen LogP contribution in [0, 0.1) is 0 Å². The maximum atomic E-state index is 12.8. The monoisotopic (exact) mass is 869 g/mol. The summed E-state index contributed by atoms with van der Waals surface area (Å²) in [6.45, 7) is 6.53. The van der Waals surface area contributed by atoms with E-state index in [1.54, 1.807) is 0 Å². The topological polar surface area (TPSA) is 78.9 Å². The molecule has 1 atom stereocenters. The molecule has 0 heterocycles. The highest BCUT2D eigenvalue weighted by Gasteiger charge is 2.19. The fourth-order valence-corrected chi connectivity index (χ4v) is 7.61. The summed E-state index contributed by atoms with van der Waals surface area (Å²) in [6, 6.07) is 0. The molecule has 0 N–H and O–H groups in total. The van der Waals surface area contributed by atoms with Crippen LogP contribution >= 0.6 is 0 Å². The first kappa shape index (κ1) is 59.4. The van der Waals surface area contributed by atoms with E-state index >= 15 is 0 Å². The van der Waals surface area contributed by atoms with Crippen LogP contribution in [-0.2, 0) is 28.6 Å². The van der Waals surface area contributed by atoms with E-state index in [9.17, 15) is 14.4 Å². The second-order valence-electron chi connectivity index (χ2n) is 17.8. The number of hydrogen-bond donors (Lipinski definition) is 0. The first-order valence-electron chi connectivity index (χ1n) is 26.6. The van der Waals surface area contributed by atoms with Gasteiger partial charge in [-0.05, 0) is 57.8 Å². The maximum Gasteiger partial charge on any atom is 0.306 e. The van der Waals surface area contributed by atoms with Crippen molar-refractivity contribution in [2.24, 2.45) is 0 Å². The number of ether oxygens (including phenoxy) is 3. The van der Waals surface area contributed by atoms with Gasteiger partial charge in [0.1, 0.15) is 13.2 Å². The zero-order valence-electron chi connectivity index (χ0n) is 41.1. The molecule has 0 saturated carbocycles. The van der Waals surface area contributed by atoms with Gasteiger partial charge in [0, 0.05) is 19.3 Å². The molecule has 0 aromatic heterocycles. The molecule has 0 amide bonds. The van der Waals surface area contributed by atoms with Crippen LogP contribution in [0.25, 0.3) is 0 Å². The van der Waals surface area contributed by atoms with Gasteiger partial charge in [-0.3, -0.25) is 14.4 Å². The second-order valence-corrected chi connectivity index (χ2v) is 17.8. The highest BCUT2D eigenvalue weighted by molar-refractivity contribution is 5.71. The summed E-state index contributed by atoms with van der Waals surface area (Å²) in [5.41, 5.74) is 0. The predicted octanol–water partition coefficient (Wildman–Crippen LogP) is 17.5. The van der Waals surface area contributed by atoms with Gasteiger partial charge in [0.25, 0.3) is 0 Å². The smallest absolute Gasteiger partial charge is 0.306 e. The van der Waals surface area contributed by atoms with E-state index in [0.29, 0.717) is 19.3 Å². The molecule has 0 fully saturated rings. The molecule has 0 aliphatic carbocycles. The Labute approximate surface area is 384 Å². The largest absolute Gasteiger partial charge is 0.462 e. The SMILES string of the molecule is CC/C=C\C/C=C\C/C=C\C/C=C\CCCCCCCCCCC(=O)OCC(COC(=O)CCCCCCCCCCCC)OC(=O)CCCCCCCCCCCCCCC. The van der Waals surface area contributed by atoms with Crippen molar-refractivity contribution in [3.05, 3.63) is 48.6 Å². The first-order chi connectivity index (χ1) is 30.5. The molecule has 1 unspecified atom stereocenters. The van der Waals surface area contributed by atoms with Crippen LogP contribution in [0.2, 0.25) is 0 Å². The Morgan fingerprint density at radius 3 is 0.984 bits per heavy atom. The highest BCUT2D eigenvalue weighted by atomic mass is 16.6. The fraction of sp³-hybridized carbons (Fsp3) is 0.804. The molecule has 0 aromatic carbocycles. The van der Waals surface area contributed by atoms with Gasteiger partial charge in [-0.15, -0.1) is 0 Å². The Bertz CT molecular complexity index is 1090. The van der Waals surface area contributed by atoms with Gasteiger partial charge in [-0.2, -0.15) is 0 Å². The van der Waals surface area contributed by atoms with Gasteiger partial charge in [0.15, 0.2) is 6.10 Å². The fourth-order valence-electron chi connectivity index (χ4n) is 7.61. The maximum absolute atomic E-state index is 12.8. The molecule has 62 heavy (non-hydrogen) atoms. The van der Waals surface area contributed by atoms with E-state index in [-0.39, 0.29) is 31.1 Å². The lowest BCUT2D eigenvalue weighted by Gasteiger charge is -2.18. The zero-order valence-corrected chi connectivity index (χ0v) is 41.1. The van der Waals surface area contributed by atoms with Crippen LogP contribution in [0.4, 0.5) is 0 Å². The predicted molar refractivity (Wildman–Crippen MR) is 265 cm³/mol. The van der Waals surface area contributed by atoms with Gasteiger partial charge in [-0.1, -0.05) is 243 Å². The zero-order chi connectivity index (χ0) is 45.1. The van der Waals surface area contributed by atoms with Crippen molar-refractivity contribution < 1.29 is 28.6 Å². The Morgan fingerprint density at radius 2 is 0.629 bits per heavy atom. The lowest BCUT2D eigenvalue weighted by atomic mass is 10.0. The van der Waals surface area contributed by atoms with E-state index in [4.69, 9.17) is 14.2 Å². The van der Waals surface area contributed by atoms with Crippen molar-refractivity contribution in [1.82, 2.24) is 0 Å². The van der Waals surface area contributed by atoms with Crippen LogP contribution in [0.15, 0.2) is 48.6 Å². The highest BCUT2D eigenvalue weighted by Crippen LogP contribution is 2.16. The summed E-state index contributed by atoms with van der Waals surface area (Å²) in [5.74, 6) is -0.871. The minimum atomic E-state index is -0.770. The molecule has 0 rings (SSSR count). The quantitative estimate of drug-likeness (QED) is 0.0262. The molecule has 6 nitrogen and oxygen atoms in total. The Kier molecular flexibility index (Phi) is 48.8. The third kappa shape index (κ3) is 48.4. The molecule has 0 aliphatic heterocycles. The lowest BCUT2D eigenvalue weighted by Crippen LogP contribution is -2.30. The van der Waals surface area contributed by atoms with E-state index in [0.717, 1.165) is 89.9 Å². The van der Waals surface area contributed by atoms with Crippen molar-refractivity contribution in [3.63, 3.8) is 0 Å². The normalized spacial score (nSPS) is 12.4. The number of hydrogen-bond acceptors (Lipinski definition) is 6. The second kappa shape index (κ2) is 51.0. The average Bonchev–Trinajstić information content (AvgIpc) is 3.27. The number of carbonyl (C=O) groups is 3. The number of esters is 3. The number of carbonyl (C=O) groups excluding carboxylic acids is 3. The minimum absolute atomic E-state index is 0.0718. The summed E-state index contributed by atoms with van der Waals surface area (Å²) in [5, 5.41) is 0. The summed E-state index contributed by atoms with van der Waals surface area (Å²) >= 11 is 0. The van der Waals surface area contributed by atoms with Crippen molar-refractivity contribution in [3.8, 4) is 0 Å². The molecule has 0 aromatic rings. The molecule has 360 valence electrons. The summed E-state index contributed by atoms with van der Waals surface area (Å²) in [4.78, 5) is 37.9. The van der Waals surface area contributed by atoms with E-state index in [1.165, 1.54) is 141 Å². The number of rotatable bonds is 48. The molecule has 0 bridgehead atoms. The van der Waals surface area contributed by atoms with Crippen molar-refractivity contribution in [2.75, 3.05) is 13.2 Å². The number of allylic oxidation sites excluding steroid dienone is 8. The van der Waals surface area contributed by atoms with E-state index in [1.807, 2.05) is 0 Å². The van der Waals surface area contributed by atoms with E-state index < -0.39 is 6.10 Å². The van der Waals surface area contributed by atoms with Gasteiger partial charge >= 0.3 is 17.9 Å².